The van der Waals surface area contributed by atoms with Crippen LogP contribution in [-0.4, -0.2) is 42.2 Å². The molecule has 11 heteroatoms. The minimum atomic E-state index is -3.98. The fourth-order valence-electron chi connectivity index (χ4n) is 2.12. The van der Waals surface area contributed by atoms with Gasteiger partial charge in [-0.15, -0.1) is 0 Å². The van der Waals surface area contributed by atoms with Gasteiger partial charge in [0.15, 0.2) is 0 Å². The Labute approximate surface area is 163 Å². The van der Waals surface area contributed by atoms with Crippen molar-refractivity contribution in [3.63, 3.8) is 0 Å². The molecule has 2 N–H and O–H groups in total. The summed E-state index contributed by atoms with van der Waals surface area (Å²) in [5.41, 5.74) is 0.186. The first kappa shape index (κ1) is 21.5. The average molecular weight is 428 g/mol. The second-order valence-corrected chi connectivity index (χ2v) is 9.16. The molecular weight excluding hydrogens is 408 g/mol. The molecule has 0 saturated carbocycles. The van der Waals surface area contributed by atoms with Crippen LogP contribution in [0.25, 0.3) is 0 Å². The SMILES string of the molecule is COc1ccc(OCCS(=O)(=O)Nc2ccc(S(=O)(=O)NC(C)=O)cc2)cc1. The number of anilines is 1. The highest BCUT2D eigenvalue weighted by Crippen LogP contribution is 2.18. The van der Waals surface area contributed by atoms with Crippen molar-refractivity contribution >= 4 is 31.6 Å². The van der Waals surface area contributed by atoms with Gasteiger partial charge in [0.1, 0.15) is 23.9 Å². The number of benzene rings is 2. The van der Waals surface area contributed by atoms with Crippen LogP contribution >= 0.6 is 0 Å². The molecule has 0 aliphatic rings. The van der Waals surface area contributed by atoms with Crippen LogP contribution in [0.1, 0.15) is 6.92 Å². The maximum absolute atomic E-state index is 12.1. The van der Waals surface area contributed by atoms with E-state index in [2.05, 4.69) is 4.72 Å². The lowest BCUT2D eigenvalue weighted by Crippen LogP contribution is -2.28. The number of carbonyl (C=O) groups is 1. The van der Waals surface area contributed by atoms with E-state index in [-0.39, 0.29) is 22.9 Å². The zero-order chi connectivity index (χ0) is 20.8. The largest absolute Gasteiger partial charge is 0.497 e. The Morgan fingerprint density at radius 2 is 1.50 bits per heavy atom. The molecule has 0 aliphatic heterocycles. The molecule has 0 spiro atoms. The highest BCUT2D eigenvalue weighted by Gasteiger charge is 2.16. The Hall–Kier alpha value is -2.79. The first-order chi connectivity index (χ1) is 13.1. The number of ether oxygens (including phenoxy) is 2. The highest BCUT2D eigenvalue weighted by atomic mass is 32.2. The maximum Gasteiger partial charge on any atom is 0.264 e. The van der Waals surface area contributed by atoms with Crippen molar-refractivity contribution in [2.75, 3.05) is 24.2 Å². The molecule has 152 valence electrons. The van der Waals surface area contributed by atoms with Crippen molar-refractivity contribution < 1.29 is 31.1 Å². The third kappa shape index (κ3) is 6.43. The van der Waals surface area contributed by atoms with Gasteiger partial charge in [-0.25, -0.2) is 21.6 Å². The number of methoxy groups -OCH3 is 1. The molecule has 2 rings (SSSR count). The summed E-state index contributed by atoms with van der Waals surface area (Å²) in [4.78, 5) is 10.8. The molecule has 2 aromatic carbocycles. The van der Waals surface area contributed by atoms with Crippen LogP contribution < -0.4 is 18.9 Å². The van der Waals surface area contributed by atoms with Gasteiger partial charge in [0.05, 0.1) is 12.0 Å². The van der Waals surface area contributed by atoms with Crippen molar-refractivity contribution in [2.45, 2.75) is 11.8 Å². The molecular formula is C17H20N2O7S2. The summed E-state index contributed by atoms with van der Waals surface area (Å²) in [6.07, 6.45) is 0. The molecule has 9 nitrogen and oxygen atoms in total. The average Bonchev–Trinajstić information content (AvgIpc) is 2.61. The number of amides is 1. The molecule has 0 bridgehead atoms. The van der Waals surface area contributed by atoms with Crippen molar-refractivity contribution in [3.8, 4) is 11.5 Å². The monoisotopic (exact) mass is 428 g/mol. The summed E-state index contributed by atoms with van der Waals surface area (Å²) in [5, 5.41) is 0. The van der Waals surface area contributed by atoms with Crippen LogP contribution in [0.2, 0.25) is 0 Å². The lowest BCUT2D eigenvalue weighted by atomic mass is 10.3. The van der Waals surface area contributed by atoms with Gasteiger partial charge in [-0.3, -0.25) is 9.52 Å². The summed E-state index contributed by atoms with van der Waals surface area (Å²) in [5.74, 6) is 0.140. The van der Waals surface area contributed by atoms with Gasteiger partial charge in [-0.2, -0.15) is 0 Å². The van der Waals surface area contributed by atoms with Crippen LogP contribution in [0.5, 0.6) is 11.5 Å². The predicted octanol–water partition coefficient (Wildman–Crippen LogP) is 1.34. The lowest BCUT2D eigenvalue weighted by Gasteiger charge is -2.10. The van der Waals surface area contributed by atoms with E-state index in [1.165, 1.54) is 31.4 Å². The second-order valence-electron chi connectivity index (χ2n) is 5.63. The molecule has 2 aromatic rings. The van der Waals surface area contributed by atoms with E-state index >= 15 is 0 Å². The fraction of sp³-hybridized carbons (Fsp3) is 0.235. The molecule has 28 heavy (non-hydrogen) atoms. The number of nitrogens with one attached hydrogen (secondary N) is 2. The number of hydrogen-bond donors (Lipinski definition) is 2. The van der Waals surface area contributed by atoms with E-state index in [1.54, 1.807) is 24.3 Å². The Balaban J connectivity index is 1.93. The molecule has 0 radical (unpaired) electrons. The molecule has 0 fully saturated rings. The van der Waals surface area contributed by atoms with E-state index in [0.29, 0.717) is 11.5 Å². The van der Waals surface area contributed by atoms with Gasteiger partial charge >= 0.3 is 0 Å². The third-order valence-electron chi connectivity index (χ3n) is 3.40. The van der Waals surface area contributed by atoms with E-state index in [4.69, 9.17) is 9.47 Å². The van der Waals surface area contributed by atoms with Crippen LogP contribution in [0.15, 0.2) is 53.4 Å². The van der Waals surface area contributed by atoms with Gasteiger partial charge in [-0.05, 0) is 48.5 Å². The van der Waals surface area contributed by atoms with E-state index in [1.807, 2.05) is 4.72 Å². The van der Waals surface area contributed by atoms with Crippen LogP contribution in [0, 0.1) is 0 Å². The molecule has 0 heterocycles. The Morgan fingerprint density at radius 1 is 0.929 bits per heavy atom. The van der Waals surface area contributed by atoms with Gasteiger partial charge in [0.2, 0.25) is 15.9 Å². The quantitative estimate of drug-likeness (QED) is 0.617. The van der Waals surface area contributed by atoms with E-state index in [0.717, 1.165) is 6.92 Å². The normalized spacial score (nSPS) is 11.5. The Bertz CT molecular complexity index is 1020. The van der Waals surface area contributed by atoms with Gasteiger partial charge < -0.3 is 9.47 Å². The first-order valence-electron chi connectivity index (χ1n) is 8.02. The number of hydrogen-bond acceptors (Lipinski definition) is 7. The molecule has 0 aromatic heterocycles. The molecule has 0 unspecified atom stereocenters. The summed E-state index contributed by atoms with van der Waals surface area (Å²) in [7, 11) is -6.14. The zero-order valence-corrected chi connectivity index (χ0v) is 16.8. The van der Waals surface area contributed by atoms with Crippen LogP contribution in [0.3, 0.4) is 0 Å². The standard InChI is InChI=1S/C17H20N2O7S2/c1-13(20)18-28(23,24)17-9-3-14(4-10-17)19-27(21,22)12-11-26-16-7-5-15(25-2)6-8-16/h3-10,19H,11-12H2,1-2H3,(H,18,20). The molecule has 1 amide bonds. The summed E-state index contributed by atoms with van der Waals surface area (Å²) in [6.45, 7) is 1.00. The van der Waals surface area contributed by atoms with Crippen molar-refractivity contribution in [1.82, 2.24) is 4.72 Å². The number of carbonyl (C=O) groups excluding carboxylic acids is 1. The smallest absolute Gasteiger partial charge is 0.264 e. The maximum atomic E-state index is 12.1. The summed E-state index contributed by atoms with van der Waals surface area (Å²) < 4.78 is 62.5. The third-order valence-corrected chi connectivity index (χ3v) is 6.10. The summed E-state index contributed by atoms with van der Waals surface area (Å²) >= 11 is 0. The Morgan fingerprint density at radius 3 is 2.04 bits per heavy atom. The van der Waals surface area contributed by atoms with Crippen molar-refractivity contribution in [3.05, 3.63) is 48.5 Å². The molecule has 0 atom stereocenters. The zero-order valence-electron chi connectivity index (χ0n) is 15.2. The van der Waals surface area contributed by atoms with Crippen LogP contribution in [0.4, 0.5) is 5.69 Å². The highest BCUT2D eigenvalue weighted by molar-refractivity contribution is 7.92. The number of sulfonamides is 2. The van der Waals surface area contributed by atoms with E-state index < -0.39 is 26.0 Å². The molecule has 0 aliphatic carbocycles. The van der Waals surface area contributed by atoms with E-state index in [9.17, 15) is 21.6 Å². The topological polar surface area (TPSA) is 128 Å². The Kier molecular flexibility index (Phi) is 6.86. The lowest BCUT2D eigenvalue weighted by molar-refractivity contribution is -0.117. The minimum Gasteiger partial charge on any atom is -0.497 e. The minimum absolute atomic E-state index is 0.0728. The predicted molar refractivity (Wildman–Crippen MR) is 103 cm³/mol. The van der Waals surface area contributed by atoms with Crippen molar-refractivity contribution in [1.29, 1.82) is 0 Å². The van der Waals surface area contributed by atoms with Gasteiger partial charge in [0.25, 0.3) is 10.0 Å². The van der Waals surface area contributed by atoms with Crippen molar-refractivity contribution in [2.24, 2.45) is 0 Å². The van der Waals surface area contributed by atoms with Gasteiger partial charge in [0, 0.05) is 12.6 Å². The van der Waals surface area contributed by atoms with Crippen LogP contribution in [-0.2, 0) is 24.8 Å². The summed E-state index contributed by atoms with van der Waals surface area (Å²) in [6, 6.07) is 11.7. The second kappa shape index (κ2) is 8.93. The first-order valence-corrected chi connectivity index (χ1v) is 11.2. The molecule has 0 saturated heterocycles. The van der Waals surface area contributed by atoms with Gasteiger partial charge in [-0.1, -0.05) is 0 Å². The number of rotatable bonds is 9. The fourth-order valence-corrected chi connectivity index (χ4v) is 4.01.